The van der Waals surface area contributed by atoms with E-state index in [1.54, 1.807) is 0 Å². The fourth-order valence-corrected chi connectivity index (χ4v) is 2.92. The molecule has 1 aliphatic heterocycles. The van der Waals surface area contributed by atoms with Gasteiger partial charge in [-0.05, 0) is 30.5 Å². The summed E-state index contributed by atoms with van der Waals surface area (Å²) in [6.45, 7) is 0.353. The monoisotopic (exact) mass is 381 g/mol. The fraction of sp³-hybridized carbons (Fsp3) is 0.353. The van der Waals surface area contributed by atoms with Crippen LogP contribution in [-0.4, -0.2) is 34.7 Å². The lowest BCUT2D eigenvalue weighted by molar-refractivity contribution is -0.141. The summed E-state index contributed by atoms with van der Waals surface area (Å²) < 4.78 is 38.3. The van der Waals surface area contributed by atoms with E-state index in [0.717, 1.165) is 42.0 Å². The normalized spacial score (nSPS) is 13.8. The molecule has 10 heteroatoms. The van der Waals surface area contributed by atoms with Crippen molar-refractivity contribution < 1.29 is 22.8 Å². The van der Waals surface area contributed by atoms with Crippen LogP contribution in [0.15, 0.2) is 36.5 Å². The van der Waals surface area contributed by atoms with Gasteiger partial charge in [0.1, 0.15) is 6.54 Å². The number of nitrogens with one attached hydrogen (secondary N) is 2. The molecule has 0 aliphatic carbocycles. The first-order valence-electron chi connectivity index (χ1n) is 8.34. The van der Waals surface area contributed by atoms with Crippen LogP contribution in [0, 0.1) is 0 Å². The largest absolute Gasteiger partial charge is 0.435 e. The summed E-state index contributed by atoms with van der Waals surface area (Å²) in [5.74, 6) is -1.10. The van der Waals surface area contributed by atoms with Crippen molar-refractivity contribution in [3.8, 4) is 0 Å². The van der Waals surface area contributed by atoms with Gasteiger partial charge in [-0.2, -0.15) is 18.3 Å². The zero-order chi connectivity index (χ0) is 19.4. The van der Waals surface area contributed by atoms with E-state index in [-0.39, 0.29) is 6.54 Å². The molecule has 0 atom stereocenters. The standard InChI is InChI=1S/C17H18F3N5O2/c18-17(19,20)14-7-9-25(23-14)11-16(27)22-21-15(26)10-24-8-3-5-12-4-1-2-6-13(12)24/h1-2,4,6-7,9H,3,5,8,10-11H2,(H,21,26)(H,22,27). The Balaban J connectivity index is 1.48. The highest BCUT2D eigenvalue weighted by atomic mass is 19.4. The predicted molar refractivity (Wildman–Crippen MR) is 90.5 cm³/mol. The van der Waals surface area contributed by atoms with E-state index in [2.05, 4.69) is 16.0 Å². The quantitative estimate of drug-likeness (QED) is 0.787. The zero-order valence-corrected chi connectivity index (χ0v) is 14.3. The van der Waals surface area contributed by atoms with Crippen molar-refractivity contribution in [3.63, 3.8) is 0 Å². The minimum absolute atomic E-state index is 0.0668. The van der Waals surface area contributed by atoms with Crippen LogP contribution in [0.5, 0.6) is 0 Å². The Hall–Kier alpha value is -3.04. The summed E-state index contributed by atoms with van der Waals surface area (Å²) in [6, 6.07) is 8.58. The second kappa shape index (κ2) is 7.68. The maximum absolute atomic E-state index is 12.5. The molecule has 7 nitrogen and oxygen atoms in total. The number of carbonyl (C=O) groups is 2. The Morgan fingerprint density at radius 1 is 1.07 bits per heavy atom. The number of hydrogen-bond acceptors (Lipinski definition) is 4. The molecule has 144 valence electrons. The molecule has 0 unspecified atom stereocenters. The van der Waals surface area contributed by atoms with Gasteiger partial charge in [-0.3, -0.25) is 25.1 Å². The second-order valence-corrected chi connectivity index (χ2v) is 6.15. The van der Waals surface area contributed by atoms with E-state index in [4.69, 9.17) is 0 Å². The number of anilines is 1. The number of halogens is 3. The molecule has 2 aromatic rings. The lowest BCUT2D eigenvalue weighted by atomic mass is 10.0. The van der Waals surface area contributed by atoms with Crippen molar-refractivity contribution >= 4 is 17.5 Å². The van der Waals surface area contributed by atoms with E-state index in [9.17, 15) is 22.8 Å². The highest BCUT2D eigenvalue weighted by Crippen LogP contribution is 2.27. The average Bonchev–Trinajstić information content (AvgIpc) is 3.09. The van der Waals surface area contributed by atoms with Crippen LogP contribution in [0.25, 0.3) is 0 Å². The number of alkyl halides is 3. The van der Waals surface area contributed by atoms with E-state index >= 15 is 0 Å². The molecule has 0 radical (unpaired) electrons. The number of hydrazine groups is 1. The minimum Gasteiger partial charge on any atom is -0.362 e. The first kappa shape index (κ1) is 18.7. The van der Waals surface area contributed by atoms with Gasteiger partial charge in [0.25, 0.3) is 11.8 Å². The van der Waals surface area contributed by atoms with Gasteiger partial charge in [-0.25, -0.2) is 0 Å². The smallest absolute Gasteiger partial charge is 0.362 e. The van der Waals surface area contributed by atoms with E-state index < -0.39 is 30.2 Å². The Labute approximate surface area is 153 Å². The van der Waals surface area contributed by atoms with Crippen molar-refractivity contribution in [3.05, 3.63) is 47.8 Å². The zero-order valence-electron chi connectivity index (χ0n) is 14.3. The summed E-state index contributed by atoms with van der Waals surface area (Å²) in [5, 5.41) is 3.28. The predicted octanol–water partition coefficient (Wildman–Crippen LogP) is 1.50. The highest BCUT2D eigenvalue weighted by Gasteiger charge is 2.33. The van der Waals surface area contributed by atoms with Crippen LogP contribution < -0.4 is 15.8 Å². The molecule has 1 aromatic carbocycles. The van der Waals surface area contributed by atoms with Gasteiger partial charge in [0.15, 0.2) is 5.69 Å². The summed E-state index contributed by atoms with van der Waals surface area (Å²) in [4.78, 5) is 25.8. The van der Waals surface area contributed by atoms with Crippen LogP contribution in [0.3, 0.4) is 0 Å². The van der Waals surface area contributed by atoms with E-state index in [1.165, 1.54) is 5.56 Å². The van der Waals surface area contributed by atoms with Crippen LogP contribution in [0.1, 0.15) is 17.7 Å². The molecule has 2 amide bonds. The molecule has 0 saturated heterocycles. The van der Waals surface area contributed by atoms with E-state index in [1.807, 2.05) is 29.2 Å². The van der Waals surface area contributed by atoms with Gasteiger partial charge in [0, 0.05) is 18.4 Å². The van der Waals surface area contributed by atoms with Gasteiger partial charge in [-0.1, -0.05) is 18.2 Å². The third kappa shape index (κ3) is 4.78. The fourth-order valence-electron chi connectivity index (χ4n) is 2.92. The number of fused-ring (bicyclic) bond motifs is 1. The number of aromatic nitrogens is 2. The molecule has 2 heterocycles. The van der Waals surface area contributed by atoms with Crippen LogP contribution in [0.4, 0.5) is 18.9 Å². The SMILES string of the molecule is O=C(CN1CCCc2ccccc21)NNC(=O)Cn1ccc(C(F)(F)F)n1. The second-order valence-electron chi connectivity index (χ2n) is 6.15. The Morgan fingerprint density at radius 3 is 2.48 bits per heavy atom. The maximum Gasteiger partial charge on any atom is 0.435 e. The molecule has 1 aromatic heterocycles. The average molecular weight is 381 g/mol. The third-order valence-electron chi connectivity index (χ3n) is 4.12. The van der Waals surface area contributed by atoms with Gasteiger partial charge < -0.3 is 4.90 Å². The summed E-state index contributed by atoms with van der Waals surface area (Å²) in [6.07, 6.45) is -1.64. The van der Waals surface area contributed by atoms with Crippen molar-refractivity contribution in [2.45, 2.75) is 25.6 Å². The Bertz CT molecular complexity index is 834. The number of amides is 2. The molecule has 1 aliphatic rings. The lowest BCUT2D eigenvalue weighted by Crippen LogP contribution is -2.48. The first-order chi connectivity index (χ1) is 12.8. The number of rotatable bonds is 4. The Morgan fingerprint density at radius 2 is 1.78 bits per heavy atom. The number of nitrogens with zero attached hydrogens (tertiary/aromatic N) is 3. The van der Waals surface area contributed by atoms with Crippen molar-refractivity contribution in [1.82, 2.24) is 20.6 Å². The Kier molecular flexibility index (Phi) is 5.33. The highest BCUT2D eigenvalue weighted by molar-refractivity contribution is 5.85. The molecule has 0 bridgehead atoms. The number of benzene rings is 1. The lowest BCUT2D eigenvalue weighted by Gasteiger charge is -2.30. The molecule has 0 spiro atoms. The number of carbonyl (C=O) groups excluding carboxylic acids is 2. The maximum atomic E-state index is 12.5. The molecule has 2 N–H and O–H groups in total. The molecular formula is C17H18F3N5O2. The number of hydrogen-bond donors (Lipinski definition) is 2. The van der Waals surface area contributed by atoms with Gasteiger partial charge in [0.2, 0.25) is 0 Å². The summed E-state index contributed by atoms with van der Waals surface area (Å²) in [5.41, 5.74) is 5.53. The van der Waals surface area contributed by atoms with Gasteiger partial charge in [0.05, 0.1) is 6.54 Å². The molecule has 0 saturated carbocycles. The van der Waals surface area contributed by atoms with Gasteiger partial charge in [-0.15, -0.1) is 0 Å². The number of aryl methyl sites for hydroxylation is 1. The van der Waals surface area contributed by atoms with Crippen molar-refractivity contribution in [1.29, 1.82) is 0 Å². The van der Waals surface area contributed by atoms with Crippen LogP contribution in [0.2, 0.25) is 0 Å². The third-order valence-corrected chi connectivity index (χ3v) is 4.12. The van der Waals surface area contributed by atoms with Gasteiger partial charge >= 0.3 is 6.18 Å². The molecular weight excluding hydrogens is 363 g/mol. The van der Waals surface area contributed by atoms with Crippen LogP contribution in [-0.2, 0) is 28.7 Å². The van der Waals surface area contributed by atoms with E-state index in [0.29, 0.717) is 0 Å². The first-order valence-corrected chi connectivity index (χ1v) is 8.34. The molecule has 27 heavy (non-hydrogen) atoms. The van der Waals surface area contributed by atoms with Crippen molar-refractivity contribution in [2.24, 2.45) is 0 Å². The molecule has 3 rings (SSSR count). The minimum atomic E-state index is -4.57. The number of para-hydroxylation sites is 1. The van der Waals surface area contributed by atoms with Crippen LogP contribution >= 0.6 is 0 Å². The van der Waals surface area contributed by atoms with Crippen molar-refractivity contribution in [2.75, 3.05) is 18.0 Å². The molecule has 0 fully saturated rings. The topological polar surface area (TPSA) is 79.3 Å². The summed E-state index contributed by atoms with van der Waals surface area (Å²) in [7, 11) is 0. The summed E-state index contributed by atoms with van der Waals surface area (Å²) >= 11 is 0.